The second kappa shape index (κ2) is 8.97. The van der Waals surface area contributed by atoms with Gasteiger partial charge >= 0.3 is 0 Å². The highest BCUT2D eigenvalue weighted by atomic mass is 32.2. The van der Waals surface area contributed by atoms with E-state index in [0.717, 1.165) is 38.8 Å². The van der Waals surface area contributed by atoms with Crippen LogP contribution in [0.15, 0.2) is 23.1 Å². The molecule has 0 radical (unpaired) electrons. The molecule has 2 saturated heterocycles. The summed E-state index contributed by atoms with van der Waals surface area (Å²) in [6.07, 6.45) is 3.70. The Hall–Kier alpha value is -1.71. The molecule has 0 aromatic heterocycles. The number of hydrogen-bond acceptors (Lipinski definition) is 6. The van der Waals surface area contributed by atoms with Gasteiger partial charge in [-0.2, -0.15) is 4.31 Å². The van der Waals surface area contributed by atoms with Gasteiger partial charge in [-0.25, -0.2) is 8.42 Å². The molecule has 2 aliphatic rings. The lowest BCUT2D eigenvalue weighted by atomic mass is 9.98. The number of nitro benzene ring substituents is 1. The van der Waals surface area contributed by atoms with Crippen LogP contribution in [0.5, 0.6) is 0 Å². The van der Waals surface area contributed by atoms with Gasteiger partial charge in [0.15, 0.2) is 0 Å². The first-order valence-corrected chi connectivity index (χ1v) is 11.9. The molecule has 1 aromatic rings. The van der Waals surface area contributed by atoms with E-state index in [2.05, 4.69) is 30.7 Å². The lowest BCUT2D eigenvalue weighted by Crippen LogP contribution is -2.54. The molecule has 29 heavy (non-hydrogen) atoms. The average molecular weight is 425 g/mol. The average Bonchev–Trinajstić information content (AvgIpc) is 2.97. The monoisotopic (exact) mass is 424 g/mol. The van der Waals surface area contributed by atoms with E-state index in [0.29, 0.717) is 31.2 Å². The van der Waals surface area contributed by atoms with Gasteiger partial charge in [-0.3, -0.25) is 10.1 Å². The lowest BCUT2D eigenvalue weighted by Gasteiger charge is -2.43. The summed E-state index contributed by atoms with van der Waals surface area (Å²) in [4.78, 5) is 15.7. The van der Waals surface area contributed by atoms with Crippen molar-refractivity contribution in [2.75, 3.05) is 44.7 Å². The fraction of sp³-hybridized carbons (Fsp3) is 0.700. The topological polar surface area (TPSA) is 87.0 Å². The van der Waals surface area contributed by atoms with E-state index in [9.17, 15) is 18.5 Å². The highest BCUT2D eigenvalue weighted by Crippen LogP contribution is 2.35. The number of anilines is 1. The van der Waals surface area contributed by atoms with Crippen molar-refractivity contribution in [3.8, 4) is 0 Å². The number of benzene rings is 1. The van der Waals surface area contributed by atoms with Crippen molar-refractivity contribution >= 4 is 21.4 Å². The van der Waals surface area contributed by atoms with Gasteiger partial charge in [0.05, 0.1) is 9.82 Å². The minimum atomic E-state index is -3.73. The van der Waals surface area contributed by atoms with Crippen LogP contribution in [0.3, 0.4) is 0 Å². The number of nitrogens with zero attached hydrogens (tertiary/aromatic N) is 4. The molecule has 162 valence electrons. The summed E-state index contributed by atoms with van der Waals surface area (Å²) in [5.74, 6) is 0.317. The second-order valence-corrected chi connectivity index (χ2v) is 10.4. The fourth-order valence-electron chi connectivity index (χ4n) is 4.31. The number of rotatable bonds is 5. The van der Waals surface area contributed by atoms with Gasteiger partial charge in [-0.05, 0) is 37.9 Å². The number of piperazine rings is 1. The van der Waals surface area contributed by atoms with Gasteiger partial charge in [-0.1, -0.05) is 26.7 Å². The highest BCUT2D eigenvalue weighted by molar-refractivity contribution is 7.89. The Morgan fingerprint density at radius 3 is 2.31 bits per heavy atom. The predicted molar refractivity (Wildman–Crippen MR) is 114 cm³/mol. The summed E-state index contributed by atoms with van der Waals surface area (Å²) in [6, 6.07) is 4.56. The van der Waals surface area contributed by atoms with Gasteiger partial charge in [0.25, 0.3) is 5.69 Å². The smallest absolute Gasteiger partial charge is 0.293 e. The molecule has 1 aromatic carbocycles. The molecule has 2 aliphatic heterocycles. The molecule has 9 heteroatoms. The molecule has 3 rings (SSSR count). The molecular weight excluding hydrogens is 392 g/mol. The first-order valence-electron chi connectivity index (χ1n) is 10.5. The van der Waals surface area contributed by atoms with E-state index in [4.69, 9.17) is 0 Å². The van der Waals surface area contributed by atoms with Gasteiger partial charge < -0.3 is 9.80 Å². The van der Waals surface area contributed by atoms with Crippen molar-refractivity contribution in [3.05, 3.63) is 28.3 Å². The lowest BCUT2D eigenvalue weighted by molar-refractivity contribution is -0.384. The Morgan fingerprint density at radius 2 is 1.72 bits per heavy atom. The van der Waals surface area contributed by atoms with Crippen LogP contribution in [0.25, 0.3) is 0 Å². The van der Waals surface area contributed by atoms with Crippen LogP contribution in [0.4, 0.5) is 11.4 Å². The number of sulfonamides is 1. The summed E-state index contributed by atoms with van der Waals surface area (Å²) in [5.41, 5.74) is 0.382. The summed E-state index contributed by atoms with van der Waals surface area (Å²) < 4.78 is 27.7. The molecular formula is C20H32N4O4S. The van der Waals surface area contributed by atoms with E-state index in [1.54, 1.807) is 6.07 Å². The molecule has 8 nitrogen and oxygen atoms in total. The first-order chi connectivity index (χ1) is 13.7. The van der Waals surface area contributed by atoms with Crippen LogP contribution >= 0.6 is 0 Å². The number of hydrogen-bond donors (Lipinski definition) is 0. The standard InChI is InChI=1S/C20H32N4O4S/c1-16(2)20-15-21(3)12-13-23(20)18-9-8-17(14-19(18)24(25)26)29(27,28)22-10-6-4-5-7-11-22/h8-9,14,16,20H,4-7,10-13,15H2,1-3H3/t20-/m1/s1. The predicted octanol–water partition coefficient (Wildman–Crippen LogP) is 2.94. The van der Waals surface area contributed by atoms with E-state index >= 15 is 0 Å². The summed E-state index contributed by atoms with van der Waals surface area (Å²) >= 11 is 0. The summed E-state index contributed by atoms with van der Waals surface area (Å²) in [7, 11) is -1.67. The van der Waals surface area contributed by atoms with Crippen molar-refractivity contribution in [2.24, 2.45) is 5.92 Å². The normalized spacial score (nSPS) is 22.6. The van der Waals surface area contributed by atoms with Crippen molar-refractivity contribution in [1.29, 1.82) is 0 Å². The minimum absolute atomic E-state index is 0.0186. The van der Waals surface area contributed by atoms with Crippen molar-refractivity contribution < 1.29 is 13.3 Å². The summed E-state index contributed by atoms with van der Waals surface area (Å²) in [6.45, 7) is 7.49. The number of nitro groups is 1. The first kappa shape index (κ1) is 22.0. The largest absolute Gasteiger partial charge is 0.360 e. The van der Waals surface area contributed by atoms with Gasteiger partial charge in [-0.15, -0.1) is 0 Å². The van der Waals surface area contributed by atoms with E-state index in [1.807, 2.05) is 0 Å². The zero-order valence-corrected chi connectivity index (χ0v) is 18.4. The second-order valence-electron chi connectivity index (χ2n) is 8.49. The third-order valence-electron chi connectivity index (χ3n) is 6.05. The van der Waals surface area contributed by atoms with Gasteiger partial charge in [0.2, 0.25) is 10.0 Å². The van der Waals surface area contributed by atoms with Gasteiger partial charge in [0, 0.05) is 44.8 Å². The van der Waals surface area contributed by atoms with Crippen molar-refractivity contribution in [2.45, 2.75) is 50.5 Å². The summed E-state index contributed by atoms with van der Waals surface area (Å²) in [5, 5.41) is 11.9. The Kier molecular flexibility index (Phi) is 6.80. The Morgan fingerprint density at radius 1 is 1.07 bits per heavy atom. The molecule has 0 amide bonds. The zero-order valence-electron chi connectivity index (χ0n) is 17.6. The maximum atomic E-state index is 13.1. The van der Waals surface area contributed by atoms with Crippen molar-refractivity contribution in [1.82, 2.24) is 9.21 Å². The molecule has 0 saturated carbocycles. The third-order valence-corrected chi connectivity index (χ3v) is 7.94. The Labute approximate surface area is 173 Å². The quantitative estimate of drug-likeness (QED) is 0.534. The molecule has 0 N–H and O–H groups in total. The number of likely N-dealkylation sites (N-methyl/N-ethyl adjacent to an activating group) is 1. The van der Waals surface area contributed by atoms with Crippen LogP contribution in [0, 0.1) is 16.0 Å². The highest BCUT2D eigenvalue weighted by Gasteiger charge is 2.34. The van der Waals surface area contributed by atoms with Crippen LogP contribution in [-0.2, 0) is 10.0 Å². The molecule has 0 aliphatic carbocycles. The molecule has 0 spiro atoms. The fourth-order valence-corrected chi connectivity index (χ4v) is 5.84. The van der Waals surface area contributed by atoms with Crippen LogP contribution < -0.4 is 4.90 Å². The minimum Gasteiger partial charge on any atom is -0.360 e. The Bertz CT molecular complexity index is 835. The Balaban J connectivity index is 1.98. The van der Waals surface area contributed by atoms with E-state index < -0.39 is 14.9 Å². The molecule has 1 atom stereocenters. The van der Waals surface area contributed by atoms with Crippen LogP contribution in [0.1, 0.15) is 39.5 Å². The molecule has 2 heterocycles. The molecule has 0 bridgehead atoms. The zero-order chi connectivity index (χ0) is 21.2. The SMILES string of the molecule is CC(C)[C@H]1CN(C)CCN1c1ccc(S(=O)(=O)N2CCCCCC2)cc1[N+](=O)[O-]. The molecule has 0 unspecified atom stereocenters. The maximum Gasteiger partial charge on any atom is 0.293 e. The molecule has 2 fully saturated rings. The maximum absolute atomic E-state index is 13.1. The van der Waals surface area contributed by atoms with Crippen molar-refractivity contribution in [3.63, 3.8) is 0 Å². The van der Waals surface area contributed by atoms with Crippen LogP contribution in [-0.4, -0.2) is 68.4 Å². The van der Waals surface area contributed by atoms with E-state index in [1.165, 1.54) is 16.4 Å². The third kappa shape index (κ3) is 4.73. The van der Waals surface area contributed by atoms with Gasteiger partial charge in [0.1, 0.15) is 5.69 Å². The van der Waals surface area contributed by atoms with E-state index in [-0.39, 0.29) is 16.6 Å². The van der Waals surface area contributed by atoms with Crippen LogP contribution in [0.2, 0.25) is 0 Å².